The average molecular weight is 212 g/mol. The zero-order valence-electron chi connectivity index (χ0n) is 5.53. The van der Waals surface area contributed by atoms with Gasteiger partial charge >= 0.3 is 12.5 Å². The van der Waals surface area contributed by atoms with Gasteiger partial charge in [-0.05, 0) is 11.6 Å². The van der Waals surface area contributed by atoms with Gasteiger partial charge in [0.2, 0.25) is 10.9 Å². The summed E-state index contributed by atoms with van der Waals surface area (Å²) in [5.41, 5.74) is -1.13. The van der Waals surface area contributed by atoms with Gasteiger partial charge in [0.1, 0.15) is 0 Å². The number of hydrogen-bond donors (Lipinski definition) is 1. The van der Waals surface area contributed by atoms with Crippen LogP contribution in [0.1, 0.15) is 0 Å². The summed E-state index contributed by atoms with van der Waals surface area (Å²) in [5, 5.41) is 2.47. The number of nitrogens with zero attached hydrogens (tertiary/aromatic N) is 2. The maximum Gasteiger partial charge on any atom is 0.360 e. The van der Waals surface area contributed by atoms with E-state index in [4.69, 9.17) is 23.2 Å². The molecule has 0 fully saturated rings. The number of amidine groups is 1. The van der Waals surface area contributed by atoms with Gasteiger partial charge in [-0.25, -0.2) is 9.79 Å². The summed E-state index contributed by atoms with van der Waals surface area (Å²) in [7, 11) is 0. The lowest BCUT2D eigenvalue weighted by Gasteiger charge is -2.24. The molecule has 66 valence electrons. The van der Waals surface area contributed by atoms with Crippen LogP contribution in [0.3, 0.4) is 0 Å². The van der Waals surface area contributed by atoms with Crippen LogP contribution in [0.5, 0.6) is 0 Å². The Kier molecular flexibility index (Phi) is 2.72. The summed E-state index contributed by atoms with van der Waals surface area (Å²) in [6.45, 7) is 0.0592. The average Bonchev–Trinajstić information content (AvgIpc) is 1.96. The first-order valence-electron chi connectivity index (χ1n) is 2.73. The molecule has 12 heavy (non-hydrogen) atoms. The molecule has 1 atom stereocenters. The standard InChI is InChI=1S/C4H3Cl2N3O3/c5-2-7-3(6)9(12-1-10)4(11)8-2/h1,3H,(H,7,8,11). The second-order valence-corrected chi connectivity index (χ2v) is 2.44. The van der Waals surface area contributed by atoms with E-state index in [-0.39, 0.29) is 11.8 Å². The van der Waals surface area contributed by atoms with E-state index in [9.17, 15) is 9.59 Å². The zero-order valence-corrected chi connectivity index (χ0v) is 7.04. The third kappa shape index (κ3) is 1.77. The van der Waals surface area contributed by atoms with Crippen LogP contribution in [0, 0.1) is 0 Å². The summed E-state index contributed by atoms with van der Waals surface area (Å²) >= 11 is 10.8. The molecule has 0 saturated heterocycles. The number of urea groups is 1. The van der Waals surface area contributed by atoms with E-state index in [0.717, 1.165) is 0 Å². The van der Waals surface area contributed by atoms with Gasteiger partial charge in [0, 0.05) is 0 Å². The molecule has 6 nitrogen and oxygen atoms in total. The number of amides is 2. The molecule has 0 radical (unpaired) electrons. The Morgan fingerprint density at radius 2 is 2.42 bits per heavy atom. The normalized spacial score (nSPS) is 22.8. The van der Waals surface area contributed by atoms with E-state index >= 15 is 0 Å². The number of halogens is 2. The van der Waals surface area contributed by atoms with E-state index in [0.29, 0.717) is 5.06 Å². The Bertz CT molecular complexity index is 244. The lowest BCUT2D eigenvalue weighted by atomic mass is 10.8. The van der Waals surface area contributed by atoms with Gasteiger partial charge in [0.15, 0.2) is 0 Å². The summed E-state index contributed by atoms with van der Waals surface area (Å²) < 4.78 is 0. The highest BCUT2D eigenvalue weighted by Gasteiger charge is 2.28. The van der Waals surface area contributed by atoms with E-state index in [1.165, 1.54) is 0 Å². The van der Waals surface area contributed by atoms with Gasteiger partial charge in [0.25, 0.3) is 0 Å². The summed E-state index contributed by atoms with van der Waals surface area (Å²) in [6.07, 6.45) is 0. The first kappa shape index (κ1) is 9.08. The quantitative estimate of drug-likeness (QED) is 0.404. The van der Waals surface area contributed by atoms with Crippen LogP contribution in [-0.4, -0.2) is 28.5 Å². The minimum Gasteiger partial charge on any atom is -0.337 e. The van der Waals surface area contributed by atoms with E-state index in [2.05, 4.69) is 15.1 Å². The number of carbonyl (C=O) groups excluding carboxylic acids is 2. The van der Waals surface area contributed by atoms with Crippen molar-refractivity contribution in [3.05, 3.63) is 0 Å². The van der Waals surface area contributed by atoms with Crippen molar-refractivity contribution in [1.29, 1.82) is 0 Å². The molecule has 0 aromatic heterocycles. The van der Waals surface area contributed by atoms with Gasteiger partial charge in [0.05, 0.1) is 0 Å². The lowest BCUT2D eigenvalue weighted by molar-refractivity contribution is -0.162. The molecule has 0 spiro atoms. The van der Waals surface area contributed by atoms with Gasteiger partial charge in [-0.15, -0.1) is 5.06 Å². The van der Waals surface area contributed by atoms with Crippen molar-refractivity contribution in [3.8, 4) is 0 Å². The van der Waals surface area contributed by atoms with Crippen LogP contribution in [-0.2, 0) is 9.63 Å². The number of hydroxylamine groups is 2. The Hall–Kier alpha value is -1.01. The molecular formula is C4H3Cl2N3O3. The van der Waals surface area contributed by atoms with Crippen molar-refractivity contribution in [1.82, 2.24) is 10.4 Å². The fraction of sp³-hybridized carbons (Fsp3) is 0.250. The molecule has 0 aromatic rings. The monoisotopic (exact) mass is 211 g/mol. The summed E-state index contributed by atoms with van der Waals surface area (Å²) in [4.78, 5) is 28.4. The fourth-order valence-electron chi connectivity index (χ4n) is 0.563. The Labute approximate surface area is 77.0 Å². The highest BCUT2D eigenvalue weighted by molar-refractivity contribution is 6.66. The van der Waals surface area contributed by atoms with Crippen molar-refractivity contribution in [2.75, 3.05) is 0 Å². The van der Waals surface area contributed by atoms with Crippen molar-refractivity contribution in [2.45, 2.75) is 5.62 Å². The molecule has 0 saturated carbocycles. The maximum absolute atomic E-state index is 10.9. The largest absolute Gasteiger partial charge is 0.360 e. The Morgan fingerprint density at radius 1 is 1.75 bits per heavy atom. The summed E-state index contributed by atoms with van der Waals surface area (Å²) in [5.74, 6) is 0. The van der Waals surface area contributed by atoms with Crippen LogP contribution in [0.2, 0.25) is 0 Å². The first-order chi connectivity index (χ1) is 5.65. The Balaban J connectivity index is 2.75. The fourth-order valence-corrected chi connectivity index (χ4v) is 1.02. The van der Waals surface area contributed by atoms with Crippen molar-refractivity contribution in [2.24, 2.45) is 4.99 Å². The second-order valence-electron chi connectivity index (χ2n) is 1.69. The van der Waals surface area contributed by atoms with Gasteiger partial charge in [-0.2, -0.15) is 0 Å². The zero-order chi connectivity index (χ0) is 9.14. The smallest absolute Gasteiger partial charge is 0.337 e. The van der Waals surface area contributed by atoms with Crippen LogP contribution >= 0.6 is 23.2 Å². The number of rotatable bonds is 2. The van der Waals surface area contributed by atoms with Crippen LogP contribution in [0.25, 0.3) is 0 Å². The molecular weight excluding hydrogens is 209 g/mol. The van der Waals surface area contributed by atoms with Gasteiger partial charge in [-0.3, -0.25) is 10.1 Å². The van der Waals surface area contributed by atoms with Crippen molar-refractivity contribution < 1.29 is 14.4 Å². The highest BCUT2D eigenvalue weighted by atomic mass is 35.5. The molecule has 1 heterocycles. The molecule has 0 aliphatic carbocycles. The number of aliphatic imine (C=N–C) groups is 1. The molecule has 1 unspecified atom stereocenters. The Morgan fingerprint density at radius 3 is 2.92 bits per heavy atom. The number of nitrogens with one attached hydrogen (secondary N) is 1. The SMILES string of the molecule is O=CON1C(=O)NC(Cl)=NC1Cl. The van der Waals surface area contributed by atoms with E-state index in [1.807, 2.05) is 0 Å². The molecule has 1 rings (SSSR count). The molecule has 1 aliphatic heterocycles. The second kappa shape index (κ2) is 3.59. The maximum atomic E-state index is 10.9. The molecule has 1 N–H and O–H groups in total. The number of hydrogen-bond acceptors (Lipinski definition) is 4. The van der Waals surface area contributed by atoms with Crippen LogP contribution in [0.4, 0.5) is 4.79 Å². The number of carbonyl (C=O) groups is 2. The summed E-state index contributed by atoms with van der Waals surface area (Å²) in [6, 6.07) is -0.748. The topological polar surface area (TPSA) is 71.0 Å². The highest BCUT2D eigenvalue weighted by Crippen LogP contribution is 2.11. The molecule has 8 heteroatoms. The third-order valence-electron chi connectivity index (χ3n) is 0.980. The van der Waals surface area contributed by atoms with Crippen LogP contribution in [0.15, 0.2) is 4.99 Å². The third-order valence-corrected chi connectivity index (χ3v) is 1.45. The van der Waals surface area contributed by atoms with E-state index in [1.54, 1.807) is 0 Å². The lowest BCUT2D eigenvalue weighted by Crippen LogP contribution is -2.48. The number of alkyl halides is 1. The van der Waals surface area contributed by atoms with Crippen molar-refractivity contribution in [3.63, 3.8) is 0 Å². The van der Waals surface area contributed by atoms with Gasteiger partial charge < -0.3 is 4.84 Å². The van der Waals surface area contributed by atoms with Gasteiger partial charge in [-0.1, -0.05) is 11.6 Å². The predicted molar refractivity (Wildman–Crippen MR) is 40.4 cm³/mol. The van der Waals surface area contributed by atoms with Crippen molar-refractivity contribution >= 4 is 41.0 Å². The molecule has 2 amide bonds. The molecule has 0 bridgehead atoms. The molecule has 1 aliphatic rings. The first-order valence-corrected chi connectivity index (χ1v) is 3.54. The molecule has 0 aromatic carbocycles. The minimum atomic E-state index is -1.13. The predicted octanol–water partition coefficient (Wildman–Crippen LogP) is 0.217. The minimum absolute atomic E-state index is 0.0592. The van der Waals surface area contributed by atoms with Crippen LogP contribution < -0.4 is 5.32 Å². The van der Waals surface area contributed by atoms with E-state index < -0.39 is 11.7 Å².